The number of anilines is 1. The molecule has 6 nitrogen and oxygen atoms in total. The summed E-state index contributed by atoms with van der Waals surface area (Å²) in [6.45, 7) is 8.49. The number of carbonyl (C=O) groups is 2. The quantitative estimate of drug-likeness (QED) is 0.677. The van der Waals surface area contributed by atoms with Crippen LogP contribution in [0.1, 0.15) is 50.8 Å². The maximum atomic E-state index is 13.1. The van der Waals surface area contributed by atoms with Gasteiger partial charge in [0, 0.05) is 11.4 Å². The van der Waals surface area contributed by atoms with Crippen molar-refractivity contribution >= 4 is 17.6 Å². The second kappa shape index (κ2) is 8.82. The molecule has 2 aromatic rings. The molecule has 1 heterocycles. The zero-order chi connectivity index (χ0) is 21.0. The SMILES string of the molecule is CCOc1ccc(NC(=O)C2=C(C)NC(=O)N[C@@H]2c2ccc(C(C)C)cc2)cc1. The fourth-order valence-electron chi connectivity index (χ4n) is 3.32. The summed E-state index contributed by atoms with van der Waals surface area (Å²) in [5.41, 5.74) is 3.74. The first kappa shape index (κ1) is 20.5. The summed E-state index contributed by atoms with van der Waals surface area (Å²) in [5.74, 6) is 0.888. The van der Waals surface area contributed by atoms with Crippen molar-refractivity contribution in [3.63, 3.8) is 0 Å². The van der Waals surface area contributed by atoms with Gasteiger partial charge >= 0.3 is 6.03 Å². The largest absolute Gasteiger partial charge is 0.494 e. The highest BCUT2D eigenvalue weighted by molar-refractivity contribution is 6.06. The molecule has 0 unspecified atom stereocenters. The predicted molar refractivity (Wildman–Crippen MR) is 114 cm³/mol. The molecule has 29 heavy (non-hydrogen) atoms. The number of benzene rings is 2. The highest BCUT2D eigenvalue weighted by atomic mass is 16.5. The second-order valence-electron chi connectivity index (χ2n) is 7.30. The summed E-state index contributed by atoms with van der Waals surface area (Å²) in [4.78, 5) is 25.1. The lowest BCUT2D eigenvalue weighted by atomic mass is 9.92. The minimum absolute atomic E-state index is 0.267. The van der Waals surface area contributed by atoms with Gasteiger partial charge in [-0.15, -0.1) is 0 Å². The van der Waals surface area contributed by atoms with Gasteiger partial charge in [-0.25, -0.2) is 4.79 Å². The van der Waals surface area contributed by atoms with Gasteiger partial charge in [0.05, 0.1) is 18.2 Å². The molecule has 0 bridgehead atoms. The first-order valence-electron chi connectivity index (χ1n) is 9.81. The van der Waals surface area contributed by atoms with Crippen LogP contribution in [0.2, 0.25) is 0 Å². The van der Waals surface area contributed by atoms with E-state index in [-0.39, 0.29) is 11.9 Å². The average Bonchev–Trinajstić information content (AvgIpc) is 2.69. The number of carbonyl (C=O) groups excluding carboxylic acids is 2. The van der Waals surface area contributed by atoms with Gasteiger partial charge in [-0.3, -0.25) is 4.79 Å². The molecule has 0 radical (unpaired) electrons. The Kier molecular flexibility index (Phi) is 6.22. The van der Waals surface area contributed by atoms with Crippen LogP contribution in [0.5, 0.6) is 5.75 Å². The lowest BCUT2D eigenvalue weighted by Gasteiger charge is -2.29. The topological polar surface area (TPSA) is 79.5 Å². The van der Waals surface area contributed by atoms with E-state index in [0.717, 1.165) is 11.3 Å². The number of ether oxygens (including phenoxy) is 1. The molecule has 0 spiro atoms. The van der Waals surface area contributed by atoms with Gasteiger partial charge in [-0.05, 0) is 55.2 Å². The number of amides is 3. The molecule has 0 aliphatic carbocycles. The van der Waals surface area contributed by atoms with Gasteiger partial charge in [-0.1, -0.05) is 38.1 Å². The van der Waals surface area contributed by atoms with Gasteiger partial charge in [0.15, 0.2) is 0 Å². The Morgan fingerprint density at radius 1 is 1.10 bits per heavy atom. The Hall–Kier alpha value is -3.28. The fourth-order valence-corrected chi connectivity index (χ4v) is 3.32. The number of hydrogen-bond acceptors (Lipinski definition) is 3. The highest BCUT2D eigenvalue weighted by Gasteiger charge is 2.31. The number of allylic oxidation sites excluding steroid dienone is 1. The van der Waals surface area contributed by atoms with Crippen molar-refractivity contribution in [2.45, 2.75) is 39.7 Å². The molecular formula is C23H27N3O3. The molecule has 152 valence electrons. The van der Waals surface area contributed by atoms with Crippen LogP contribution in [-0.4, -0.2) is 18.5 Å². The van der Waals surface area contributed by atoms with Crippen LogP contribution < -0.4 is 20.7 Å². The molecule has 6 heteroatoms. The van der Waals surface area contributed by atoms with E-state index in [1.54, 1.807) is 19.1 Å². The predicted octanol–water partition coefficient (Wildman–Crippen LogP) is 4.48. The first-order valence-corrected chi connectivity index (χ1v) is 9.81. The van der Waals surface area contributed by atoms with Crippen LogP contribution in [-0.2, 0) is 4.79 Å². The Morgan fingerprint density at radius 3 is 2.34 bits per heavy atom. The lowest BCUT2D eigenvalue weighted by molar-refractivity contribution is -0.113. The van der Waals surface area contributed by atoms with Gasteiger partial charge < -0.3 is 20.7 Å². The minimum Gasteiger partial charge on any atom is -0.494 e. The van der Waals surface area contributed by atoms with Gasteiger partial charge in [0.2, 0.25) is 0 Å². The van der Waals surface area contributed by atoms with Crippen LogP contribution in [0.25, 0.3) is 0 Å². The van der Waals surface area contributed by atoms with E-state index in [0.29, 0.717) is 29.5 Å². The summed E-state index contributed by atoms with van der Waals surface area (Å²) < 4.78 is 5.43. The van der Waals surface area contributed by atoms with E-state index in [1.807, 2.05) is 43.3 Å². The molecule has 0 saturated heterocycles. The van der Waals surface area contributed by atoms with E-state index in [1.165, 1.54) is 5.56 Å². The number of rotatable bonds is 6. The molecule has 3 N–H and O–H groups in total. The van der Waals surface area contributed by atoms with Gasteiger partial charge in [0.1, 0.15) is 5.75 Å². The summed E-state index contributed by atoms with van der Waals surface area (Å²) in [6, 6.07) is 14.3. The molecule has 3 amide bonds. The lowest BCUT2D eigenvalue weighted by Crippen LogP contribution is -2.45. The second-order valence-corrected chi connectivity index (χ2v) is 7.30. The number of nitrogens with one attached hydrogen (secondary N) is 3. The van der Waals surface area contributed by atoms with Crippen molar-refractivity contribution in [2.24, 2.45) is 0 Å². The number of urea groups is 1. The molecule has 3 rings (SSSR count). The van der Waals surface area contributed by atoms with Crippen LogP contribution in [0, 0.1) is 0 Å². The Balaban J connectivity index is 1.85. The monoisotopic (exact) mass is 393 g/mol. The molecule has 1 aliphatic rings. The molecule has 2 aromatic carbocycles. The Bertz CT molecular complexity index is 915. The summed E-state index contributed by atoms with van der Waals surface area (Å²) in [5, 5.41) is 8.48. The standard InChI is InChI=1S/C23H27N3O3/c1-5-29-19-12-10-18(11-13-19)25-22(27)20-15(4)24-23(28)26-21(20)17-8-6-16(7-9-17)14(2)3/h6-14,21H,5H2,1-4H3,(H,25,27)(H2,24,26,28)/t21-/m1/s1. The fraction of sp³-hybridized carbons (Fsp3) is 0.304. The Labute approximate surface area is 171 Å². The van der Waals surface area contributed by atoms with Crippen LogP contribution in [0.3, 0.4) is 0 Å². The summed E-state index contributed by atoms with van der Waals surface area (Å²) in [6.07, 6.45) is 0. The third-order valence-electron chi connectivity index (χ3n) is 4.87. The van der Waals surface area contributed by atoms with E-state index >= 15 is 0 Å². The zero-order valence-electron chi connectivity index (χ0n) is 17.2. The Morgan fingerprint density at radius 2 is 1.76 bits per heavy atom. The first-order chi connectivity index (χ1) is 13.9. The van der Waals surface area contributed by atoms with Crippen molar-refractivity contribution < 1.29 is 14.3 Å². The zero-order valence-corrected chi connectivity index (χ0v) is 17.2. The molecule has 1 atom stereocenters. The minimum atomic E-state index is -0.521. The van der Waals surface area contributed by atoms with Crippen molar-refractivity contribution in [1.82, 2.24) is 10.6 Å². The number of hydrogen-bond donors (Lipinski definition) is 3. The van der Waals surface area contributed by atoms with Crippen molar-refractivity contribution in [3.8, 4) is 5.75 Å². The molecule has 0 saturated carbocycles. The third kappa shape index (κ3) is 4.77. The third-order valence-corrected chi connectivity index (χ3v) is 4.87. The highest BCUT2D eigenvalue weighted by Crippen LogP contribution is 2.29. The summed E-state index contributed by atoms with van der Waals surface area (Å²) >= 11 is 0. The molecule has 0 aromatic heterocycles. The van der Waals surface area contributed by atoms with Crippen molar-refractivity contribution in [1.29, 1.82) is 0 Å². The summed E-state index contributed by atoms with van der Waals surface area (Å²) in [7, 11) is 0. The van der Waals surface area contributed by atoms with Crippen LogP contribution in [0.15, 0.2) is 59.8 Å². The van der Waals surface area contributed by atoms with E-state index in [9.17, 15) is 9.59 Å². The van der Waals surface area contributed by atoms with E-state index < -0.39 is 6.04 Å². The normalized spacial score (nSPS) is 16.3. The van der Waals surface area contributed by atoms with E-state index in [2.05, 4.69) is 29.8 Å². The van der Waals surface area contributed by atoms with Crippen molar-refractivity contribution in [2.75, 3.05) is 11.9 Å². The maximum Gasteiger partial charge on any atom is 0.319 e. The van der Waals surface area contributed by atoms with Gasteiger partial charge in [0.25, 0.3) is 5.91 Å². The van der Waals surface area contributed by atoms with Crippen LogP contribution in [0.4, 0.5) is 10.5 Å². The van der Waals surface area contributed by atoms with Crippen molar-refractivity contribution in [3.05, 3.63) is 70.9 Å². The molecule has 1 aliphatic heterocycles. The molecule has 0 fully saturated rings. The molecular weight excluding hydrogens is 366 g/mol. The average molecular weight is 393 g/mol. The maximum absolute atomic E-state index is 13.1. The smallest absolute Gasteiger partial charge is 0.319 e. The van der Waals surface area contributed by atoms with Gasteiger partial charge in [-0.2, -0.15) is 0 Å². The van der Waals surface area contributed by atoms with Crippen LogP contribution >= 0.6 is 0 Å². The van der Waals surface area contributed by atoms with E-state index in [4.69, 9.17) is 4.74 Å².